The van der Waals surface area contributed by atoms with E-state index in [9.17, 15) is 9.59 Å². The first-order valence-corrected chi connectivity index (χ1v) is 7.61. The lowest BCUT2D eigenvalue weighted by molar-refractivity contribution is -0.123. The minimum atomic E-state index is -0.535. The Morgan fingerprint density at radius 2 is 1.86 bits per heavy atom. The molecular weight excluding hydrogens is 280 g/mol. The quantitative estimate of drug-likeness (QED) is 0.756. The van der Waals surface area contributed by atoms with Crippen molar-refractivity contribution in [2.75, 3.05) is 11.9 Å². The maximum Gasteiger partial charge on any atom is 0.253 e. The van der Waals surface area contributed by atoms with E-state index >= 15 is 0 Å². The summed E-state index contributed by atoms with van der Waals surface area (Å²) in [5.74, 6) is -0.389. The van der Waals surface area contributed by atoms with Gasteiger partial charge < -0.3 is 15.7 Å². The zero-order valence-corrected chi connectivity index (χ0v) is 13.8. The maximum absolute atomic E-state index is 12.4. The summed E-state index contributed by atoms with van der Waals surface area (Å²) in [6.07, 6.45) is 1.25. The van der Waals surface area contributed by atoms with Gasteiger partial charge in [0.1, 0.15) is 0 Å². The molecule has 0 fully saturated rings. The van der Waals surface area contributed by atoms with Crippen LogP contribution in [0.3, 0.4) is 0 Å². The average molecular weight is 306 g/mol. The SMILES string of the molecule is CCC(CCO)NC(=O)c1ccccc1NC(=O)C(C)(C)C. The first-order valence-electron chi connectivity index (χ1n) is 7.61. The van der Waals surface area contributed by atoms with Crippen LogP contribution in [-0.4, -0.2) is 29.6 Å². The molecular formula is C17H26N2O3. The summed E-state index contributed by atoms with van der Waals surface area (Å²) in [7, 11) is 0. The number of hydrogen-bond donors (Lipinski definition) is 3. The van der Waals surface area contributed by atoms with E-state index in [2.05, 4.69) is 10.6 Å². The number of amides is 2. The summed E-state index contributed by atoms with van der Waals surface area (Å²) in [6, 6.07) is 6.85. The van der Waals surface area contributed by atoms with Crippen molar-refractivity contribution >= 4 is 17.5 Å². The van der Waals surface area contributed by atoms with Crippen molar-refractivity contribution in [3.05, 3.63) is 29.8 Å². The van der Waals surface area contributed by atoms with Gasteiger partial charge in [-0.05, 0) is 25.0 Å². The van der Waals surface area contributed by atoms with Gasteiger partial charge in [-0.3, -0.25) is 9.59 Å². The number of nitrogens with one attached hydrogen (secondary N) is 2. The molecule has 5 nitrogen and oxygen atoms in total. The van der Waals surface area contributed by atoms with E-state index in [1.807, 2.05) is 27.7 Å². The lowest BCUT2D eigenvalue weighted by Crippen LogP contribution is -2.36. The van der Waals surface area contributed by atoms with E-state index in [1.54, 1.807) is 24.3 Å². The van der Waals surface area contributed by atoms with Gasteiger partial charge >= 0.3 is 0 Å². The lowest BCUT2D eigenvalue weighted by atomic mass is 9.95. The van der Waals surface area contributed by atoms with Crippen molar-refractivity contribution in [2.45, 2.75) is 46.6 Å². The van der Waals surface area contributed by atoms with Crippen LogP contribution in [0.5, 0.6) is 0 Å². The summed E-state index contributed by atoms with van der Waals surface area (Å²) in [6.45, 7) is 7.44. The number of aliphatic hydroxyl groups is 1. The first kappa shape index (κ1) is 18.2. The highest BCUT2D eigenvalue weighted by Crippen LogP contribution is 2.20. The predicted molar refractivity (Wildman–Crippen MR) is 87.8 cm³/mol. The third-order valence-electron chi connectivity index (χ3n) is 3.41. The van der Waals surface area contributed by atoms with E-state index in [-0.39, 0.29) is 24.5 Å². The standard InChI is InChI=1S/C17H26N2O3/c1-5-12(10-11-20)18-15(21)13-8-6-7-9-14(13)19-16(22)17(2,3)4/h6-9,12,20H,5,10-11H2,1-4H3,(H,18,21)(H,19,22). The molecule has 0 bridgehead atoms. The fourth-order valence-electron chi connectivity index (χ4n) is 1.90. The molecule has 0 aliphatic heterocycles. The van der Waals surface area contributed by atoms with E-state index < -0.39 is 5.41 Å². The molecule has 0 aliphatic rings. The molecule has 1 rings (SSSR count). The Hall–Kier alpha value is -1.88. The molecule has 3 N–H and O–H groups in total. The molecule has 0 aromatic heterocycles. The molecule has 0 aliphatic carbocycles. The van der Waals surface area contributed by atoms with Crippen molar-refractivity contribution in [2.24, 2.45) is 5.41 Å². The van der Waals surface area contributed by atoms with Gasteiger partial charge in [-0.1, -0.05) is 39.8 Å². The van der Waals surface area contributed by atoms with Gasteiger partial charge in [0.2, 0.25) is 5.91 Å². The third-order valence-corrected chi connectivity index (χ3v) is 3.41. The van der Waals surface area contributed by atoms with Crippen LogP contribution < -0.4 is 10.6 Å². The van der Waals surface area contributed by atoms with Gasteiger partial charge in [0.15, 0.2) is 0 Å². The van der Waals surface area contributed by atoms with Crippen molar-refractivity contribution < 1.29 is 14.7 Å². The second kappa shape index (κ2) is 7.94. The van der Waals surface area contributed by atoms with E-state index in [0.717, 1.165) is 6.42 Å². The predicted octanol–water partition coefficient (Wildman–Crippen LogP) is 2.56. The van der Waals surface area contributed by atoms with Gasteiger partial charge in [-0.25, -0.2) is 0 Å². The molecule has 22 heavy (non-hydrogen) atoms. The molecule has 1 aromatic carbocycles. The number of rotatable bonds is 6. The molecule has 0 spiro atoms. The molecule has 0 saturated carbocycles. The number of carbonyl (C=O) groups is 2. The number of benzene rings is 1. The fourth-order valence-corrected chi connectivity index (χ4v) is 1.90. The second-order valence-corrected chi connectivity index (χ2v) is 6.34. The van der Waals surface area contributed by atoms with Crippen molar-refractivity contribution in [3.63, 3.8) is 0 Å². The Bertz CT molecular complexity index is 521. The van der Waals surface area contributed by atoms with Crippen LogP contribution in [0.15, 0.2) is 24.3 Å². The summed E-state index contributed by atoms with van der Waals surface area (Å²) in [5, 5.41) is 14.7. The van der Waals surface area contributed by atoms with Crippen LogP contribution in [-0.2, 0) is 4.79 Å². The number of carbonyl (C=O) groups excluding carboxylic acids is 2. The van der Waals surface area contributed by atoms with Crippen molar-refractivity contribution in [1.29, 1.82) is 0 Å². The van der Waals surface area contributed by atoms with Gasteiger partial charge in [0, 0.05) is 18.1 Å². The minimum Gasteiger partial charge on any atom is -0.396 e. The molecule has 5 heteroatoms. The molecule has 1 aromatic rings. The monoisotopic (exact) mass is 306 g/mol. The number of hydrogen-bond acceptors (Lipinski definition) is 3. The molecule has 0 heterocycles. The number of para-hydroxylation sites is 1. The van der Waals surface area contributed by atoms with Gasteiger partial charge in [0.05, 0.1) is 11.3 Å². The van der Waals surface area contributed by atoms with Crippen LogP contribution in [0.1, 0.15) is 50.9 Å². The highest BCUT2D eigenvalue weighted by molar-refractivity contribution is 6.04. The van der Waals surface area contributed by atoms with E-state index in [0.29, 0.717) is 17.7 Å². The molecule has 1 atom stereocenters. The number of anilines is 1. The summed E-state index contributed by atoms with van der Waals surface area (Å²) in [5.41, 5.74) is 0.391. The van der Waals surface area contributed by atoms with Crippen LogP contribution in [0.4, 0.5) is 5.69 Å². The zero-order valence-electron chi connectivity index (χ0n) is 13.8. The summed E-state index contributed by atoms with van der Waals surface area (Å²) < 4.78 is 0. The Labute approximate surface area is 132 Å². The topological polar surface area (TPSA) is 78.4 Å². The lowest BCUT2D eigenvalue weighted by Gasteiger charge is -2.20. The normalized spacial score (nSPS) is 12.6. The fraction of sp³-hybridized carbons (Fsp3) is 0.529. The van der Waals surface area contributed by atoms with Crippen LogP contribution in [0.2, 0.25) is 0 Å². The molecule has 0 saturated heterocycles. The zero-order chi connectivity index (χ0) is 16.8. The Morgan fingerprint density at radius 3 is 2.41 bits per heavy atom. The van der Waals surface area contributed by atoms with E-state index in [4.69, 9.17) is 5.11 Å². The highest BCUT2D eigenvalue weighted by Gasteiger charge is 2.23. The molecule has 122 valence electrons. The van der Waals surface area contributed by atoms with Crippen LogP contribution in [0.25, 0.3) is 0 Å². The van der Waals surface area contributed by atoms with E-state index in [1.165, 1.54) is 0 Å². The highest BCUT2D eigenvalue weighted by atomic mass is 16.3. The van der Waals surface area contributed by atoms with Crippen molar-refractivity contribution in [3.8, 4) is 0 Å². The Kier molecular flexibility index (Phi) is 6.56. The minimum absolute atomic E-state index is 0.0290. The van der Waals surface area contributed by atoms with Crippen LogP contribution in [0, 0.1) is 5.41 Å². The van der Waals surface area contributed by atoms with Crippen molar-refractivity contribution in [1.82, 2.24) is 5.32 Å². The Balaban J connectivity index is 2.91. The van der Waals surface area contributed by atoms with Gasteiger partial charge in [0.25, 0.3) is 5.91 Å². The third kappa shape index (κ3) is 5.15. The first-order chi connectivity index (χ1) is 10.3. The maximum atomic E-state index is 12.4. The van der Waals surface area contributed by atoms with Gasteiger partial charge in [-0.15, -0.1) is 0 Å². The summed E-state index contributed by atoms with van der Waals surface area (Å²) in [4.78, 5) is 24.5. The number of aliphatic hydroxyl groups excluding tert-OH is 1. The van der Waals surface area contributed by atoms with Gasteiger partial charge in [-0.2, -0.15) is 0 Å². The largest absolute Gasteiger partial charge is 0.396 e. The molecule has 0 radical (unpaired) electrons. The smallest absolute Gasteiger partial charge is 0.253 e. The average Bonchev–Trinajstić information content (AvgIpc) is 2.46. The summed E-state index contributed by atoms with van der Waals surface area (Å²) >= 11 is 0. The van der Waals surface area contributed by atoms with Crippen LogP contribution >= 0.6 is 0 Å². The molecule has 1 unspecified atom stereocenters. The Morgan fingerprint density at radius 1 is 1.23 bits per heavy atom. The second-order valence-electron chi connectivity index (χ2n) is 6.34. The molecule has 2 amide bonds.